The highest BCUT2D eigenvalue weighted by molar-refractivity contribution is 7.54. The number of rotatable bonds is 0. The molecule has 0 amide bonds. The summed E-state index contributed by atoms with van der Waals surface area (Å²) in [4.78, 5) is 0. The normalized spacial score (nSPS) is 47.1. The van der Waals surface area contributed by atoms with E-state index in [1.165, 1.54) is 77.0 Å². The largest absolute Gasteiger partial charge is 0.227 e. The van der Waals surface area contributed by atoms with Gasteiger partial charge in [0, 0.05) is 22.6 Å². The average Bonchev–Trinajstić information content (AvgIpc) is 2.62. The van der Waals surface area contributed by atoms with Crippen LogP contribution in [0.25, 0.3) is 0 Å². The summed E-state index contributed by atoms with van der Waals surface area (Å²) in [7, 11) is -2.06. The summed E-state index contributed by atoms with van der Waals surface area (Å²) < 4.78 is 26.7. The molecule has 116 valence electrons. The Labute approximate surface area is 125 Å². The Balaban J connectivity index is 0.000000121. The van der Waals surface area contributed by atoms with Crippen molar-refractivity contribution in [3.05, 3.63) is 0 Å². The molecular weight excluding hydrogens is 292 g/mol. The van der Waals surface area contributed by atoms with E-state index >= 15 is 0 Å². The fraction of sp³-hybridized carbons (Fsp3) is 1.00. The smallest absolute Gasteiger partial charge is 0.0876 e. The maximum atomic E-state index is 13.4. The van der Waals surface area contributed by atoms with E-state index in [1.807, 2.05) is 0 Å². The predicted molar refractivity (Wildman–Crippen MR) is 86.6 cm³/mol. The van der Waals surface area contributed by atoms with Crippen molar-refractivity contribution in [2.75, 3.05) is 0 Å². The van der Waals surface area contributed by atoms with Crippen LogP contribution in [0.15, 0.2) is 0 Å². The quantitative estimate of drug-likeness (QED) is 0.425. The lowest BCUT2D eigenvalue weighted by atomic mass is 9.99. The van der Waals surface area contributed by atoms with Gasteiger partial charge < -0.3 is 0 Å². The molecule has 4 rings (SSSR count). The fourth-order valence-electron chi connectivity index (χ4n) is 4.48. The Morgan fingerprint density at radius 2 is 0.750 bits per heavy atom. The van der Waals surface area contributed by atoms with Crippen LogP contribution in [0.3, 0.4) is 0 Å². The van der Waals surface area contributed by atoms with E-state index < -0.39 is 16.5 Å². The molecule has 20 heavy (non-hydrogen) atoms. The summed E-state index contributed by atoms with van der Waals surface area (Å²) in [5.41, 5.74) is 2.06. The second-order valence-corrected chi connectivity index (χ2v) is 11.3. The molecule has 0 radical (unpaired) electrons. The summed E-state index contributed by atoms with van der Waals surface area (Å²) in [5, 5.41) is 0. The topological polar surface area (TPSA) is 0 Å². The number of hydrogen-bond donors (Lipinski definition) is 0. The van der Waals surface area contributed by atoms with Gasteiger partial charge in [0.2, 0.25) is 0 Å². The van der Waals surface area contributed by atoms with Gasteiger partial charge in [0.25, 0.3) is 0 Å². The molecule has 4 heterocycles. The molecular formula is C16H28F2P2. The van der Waals surface area contributed by atoms with Gasteiger partial charge in [0.1, 0.15) is 0 Å². The fourth-order valence-corrected chi connectivity index (χ4v) is 9.04. The molecule has 0 spiro atoms. The van der Waals surface area contributed by atoms with Crippen molar-refractivity contribution in [2.24, 2.45) is 0 Å². The molecule has 0 aromatic heterocycles. The van der Waals surface area contributed by atoms with Crippen LogP contribution in [0.4, 0.5) is 8.39 Å². The van der Waals surface area contributed by atoms with Crippen molar-refractivity contribution in [3.8, 4) is 0 Å². The molecule has 0 nitrogen and oxygen atoms in total. The first-order valence-corrected chi connectivity index (χ1v) is 11.4. The van der Waals surface area contributed by atoms with E-state index in [2.05, 4.69) is 0 Å². The lowest BCUT2D eigenvalue weighted by Gasteiger charge is -2.37. The zero-order valence-corrected chi connectivity index (χ0v) is 14.2. The lowest BCUT2D eigenvalue weighted by Crippen LogP contribution is -2.24. The van der Waals surface area contributed by atoms with Crippen LogP contribution < -0.4 is 0 Å². The van der Waals surface area contributed by atoms with Crippen LogP contribution in [0, 0.1) is 0 Å². The summed E-state index contributed by atoms with van der Waals surface area (Å²) in [6.45, 7) is 0. The van der Waals surface area contributed by atoms with E-state index in [0.29, 0.717) is 22.6 Å². The highest BCUT2D eigenvalue weighted by Crippen LogP contribution is 2.61. The Kier molecular flexibility index (Phi) is 5.72. The van der Waals surface area contributed by atoms with E-state index in [1.54, 1.807) is 0 Å². The molecule has 4 aliphatic heterocycles. The third-order valence-corrected chi connectivity index (χ3v) is 10.6. The minimum atomic E-state index is -1.03. The minimum Gasteiger partial charge on any atom is -0.227 e. The Morgan fingerprint density at radius 1 is 0.450 bits per heavy atom. The summed E-state index contributed by atoms with van der Waals surface area (Å²) in [6.07, 6.45) is 14.8. The van der Waals surface area contributed by atoms with Crippen molar-refractivity contribution < 1.29 is 8.39 Å². The van der Waals surface area contributed by atoms with Crippen LogP contribution in [0.5, 0.6) is 0 Å². The molecule has 4 saturated heterocycles. The maximum absolute atomic E-state index is 13.4. The molecule has 0 aliphatic carbocycles. The van der Waals surface area contributed by atoms with Crippen LogP contribution in [0.2, 0.25) is 0 Å². The van der Waals surface area contributed by atoms with Crippen molar-refractivity contribution in [3.63, 3.8) is 0 Å². The van der Waals surface area contributed by atoms with Gasteiger partial charge in [-0.2, -0.15) is 0 Å². The van der Waals surface area contributed by atoms with Crippen molar-refractivity contribution in [2.45, 2.75) is 99.7 Å². The standard InChI is InChI=1S/2C8H14FP/c9-10-7-3-1-4-8(10)6-2-5-7;9-10-7-3-1-2-4-8(10)6-5-7/h2*7-8H,1-6H2. The van der Waals surface area contributed by atoms with E-state index in [-0.39, 0.29) is 0 Å². The monoisotopic (exact) mass is 320 g/mol. The SMILES string of the molecule is FP1C2CCCC1CCC2.FP1C2CCCCC1CC2. The maximum Gasteiger partial charge on any atom is 0.0876 e. The van der Waals surface area contributed by atoms with E-state index in [4.69, 9.17) is 0 Å². The molecule has 0 aromatic rings. The van der Waals surface area contributed by atoms with E-state index in [0.717, 1.165) is 0 Å². The van der Waals surface area contributed by atoms with Crippen LogP contribution in [0.1, 0.15) is 77.0 Å². The number of halogens is 2. The summed E-state index contributed by atoms with van der Waals surface area (Å²) in [6, 6.07) is 0. The van der Waals surface area contributed by atoms with Gasteiger partial charge in [0.15, 0.2) is 0 Å². The first kappa shape index (κ1) is 15.6. The van der Waals surface area contributed by atoms with Crippen molar-refractivity contribution >= 4 is 16.5 Å². The van der Waals surface area contributed by atoms with Crippen LogP contribution in [-0.4, -0.2) is 22.6 Å². The van der Waals surface area contributed by atoms with E-state index in [9.17, 15) is 8.39 Å². The molecule has 2 atom stereocenters. The molecule has 0 saturated carbocycles. The van der Waals surface area contributed by atoms with Gasteiger partial charge in [-0.1, -0.05) is 25.7 Å². The highest BCUT2D eigenvalue weighted by Gasteiger charge is 2.37. The van der Waals surface area contributed by atoms with Gasteiger partial charge in [-0.05, 0) is 51.4 Å². The van der Waals surface area contributed by atoms with Crippen molar-refractivity contribution in [1.29, 1.82) is 0 Å². The third kappa shape index (κ3) is 3.55. The number of fused-ring (bicyclic) bond motifs is 4. The second kappa shape index (κ2) is 7.32. The van der Waals surface area contributed by atoms with Gasteiger partial charge in [-0.15, -0.1) is 0 Å². The molecule has 4 bridgehead atoms. The van der Waals surface area contributed by atoms with Gasteiger partial charge in [-0.25, -0.2) is 8.39 Å². The molecule has 0 N–H and O–H groups in total. The minimum absolute atomic E-state index is 0.516. The zero-order chi connectivity index (χ0) is 13.9. The molecule has 2 unspecified atom stereocenters. The number of hydrogen-bond acceptors (Lipinski definition) is 0. The highest BCUT2D eigenvalue weighted by atomic mass is 31.2. The van der Waals surface area contributed by atoms with Gasteiger partial charge in [0.05, 0.1) is 16.5 Å². The van der Waals surface area contributed by atoms with Crippen LogP contribution in [-0.2, 0) is 0 Å². The average molecular weight is 320 g/mol. The second-order valence-electron chi connectivity index (χ2n) is 7.03. The Hall–Kier alpha value is 0.720. The van der Waals surface area contributed by atoms with Crippen molar-refractivity contribution in [1.82, 2.24) is 0 Å². The third-order valence-electron chi connectivity index (χ3n) is 5.70. The van der Waals surface area contributed by atoms with Gasteiger partial charge in [-0.3, -0.25) is 0 Å². The molecule has 4 fully saturated rings. The first-order valence-electron chi connectivity index (χ1n) is 8.64. The van der Waals surface area contributed by atoms with Crippen LogP contribution >= 0.6 is 16.5 Å². The molecule has 0 aromatic carbocycles. The lowest BCUT2D eigenvalue weighted by molar-refractivity contribution is 0.457. The predicted octanol–water partition coefficient (Wildman–Crippen LogP) is 6.92. The molecule has 4 heteroatoms. The summed E-state index contributed by atoms with van der Waals surface area (Å²) in [5.74, 6) is 0. The first-order chi connectivity index (χ1) is 9.75. The zero-order valence-electron chi connectivity index (χ0n) is 12.4. The Bertz CT molecular complexity index is 265. The van der Waals surface area contributed by atoms with Gasteiger partial charge >= 0.3 is 0 Å². The molecule has 4 aliphatic rings. The Morgan fingerprint density at radius 3 is 1.15 bits per heavy atom. The summed E-state index contributed by atoms with van der Waals surface area (Å²) >= 11 is 0.